The van der Waals surface area contributed by atoms with Gasteiger partial charge in [-0.25, -0.2) is 0 Å². The molecule has 0 aliphatic carbocycles. The van der Waals surface area contributed by atoms with Gasteiger partial charge in [0, 0.05) is 5.56 Å². The summed E-state index contributed by atoms with van der Waals surface area (Å²) in [6.45, 7) is 4.11. The Morgan fingerprint density at radius 3 is 2.64 bits per heavy atom. The van der Waals surface area contributed by atoms with Crippen LogP contribution >= 0.6 is 0 Å². The third kappa shape index (κ3) is 3.29. The quantitative estimate of drug-likeness (QED) is 0.799. The van der Waals surface area contributed by atoms with E-state index in [1.54, 1.807) is 0 Å². The van der Waals surface area contributed by atoms with Crippen molar-refractivity contribution in [1.82, 2.24) is 10.6 Å². The summed E-state index contributed by atoms with van der Waals surface area (Å²) in [6.07, 6.45) is -4.93. The minimum atomic E-state index is -4.50. The van der Waals surface area contributed by atoms with Crippen LogP contribution in [0.25, 0.3) is 0 Å². The molecule has 2 aliphatic rings. The van der Waals surface area contributed by atoms with Gasteiger partial charge in [0.15, 0.2) is 0 Å². The molecule has 0 aromatic heterocycles. The number of rotatable bonds is 2. The fraction of sp³-hybridized carbons (Fsp3) is 0.529. The number of ether oxygens (including phenoxy) is 1. The van der Waals surface area contributed by atoms with Gasteiger partial charge in [-0.15, -0.1) is 0 Å². The first-order valence-corrected chi connectivity index (χ1v) is 8.09. The average molecular weight is 356 g/mol. The van der Waals surface area contributed by atoms with Gasteiger partial charge in [-0.3, -0.25) is 9.59 Å². The monoisotopic (exact) mass is 356 g/mol. The predicted molar refractivity (Wildman–Crippen MR) is 83.0 cm³/mol. The number of halogens is 3. The Hall–Kier alpha value is -2.25. The molecule has 8 heteroatoms. The largest absolute Gasteiger partial charge is 0.490 e. The zero-order chi connectivity index (χ0) is 18.4. The number of carbonyl (C=O) groups is 2. The van der Waals surface area contributed by atoms with Crippen molar-refractivity contribution >= 4 is 11.8 Å². The Kier molecular flexibility index (Phi) is 4.38. The minimum Gasteiger partial charge on any atom is -0.490 e. The first-order valence-electron chi connectivity index (χ1n) is 8.09. The molecule has 5 nitrogen and oxygen atoms in total. The molecule has 3 atom stereocenters. The minimum absolute atomic E-state index is 0.130. The summed E-state index contributed by atoms with van der Waals surface area (Å²) in [4.78, 5) is 24.3. The molecule has 1 aromatic rings. The molecule has 0 bridgehead atoms. The summed E-state index contributed by atoms with van der Waals surface area (Å²) < 4.78 is 43.7. The Balaban J connectivity index is 1.67. The van der Waals surface area contributed by atoms with Crippen LogP contribution in [0.3, 0.4) is 0 Å². The molecule has 0 saturated carbocycles. The van der Waals surface area contributed by atoms with E-state index in [-0.39, 0.29) is 19.4 Å². The van der Waals surface area contributed by atoms with Crippen LogP contribution in [0.15, 0.2) is 12.1 Å². The Labute approximate surface area is 142 Å². The maximum absolute atomic E-state index is 12.7. The van der Waals surface area contributed by atoms with Crippen molar-refractivity contribution in [3.8, 4) is 5.75 Å². The number of amides is 2. The van der Waals surface area contributed by atoms with Crippen LogP contribution in [0, 0.1) is 19.8 Å². The number of benzene rings is 1. The Morgan fingerprint density at radius 2 is 2.00 bits per heavy atom. The van der Waals surface area contributed by atoms with E-state index in [0.717, 1.165) is 22.4 Å². The fourth-order valence-electron chi connectivity index (χ4n) is 3.23. The molecule has 0 radical (unpaired) electrons. The number of nitrogens with one attached hydrogen (secondary N) is 2. The van der Waals surface area contributed by atoms with Crippen LogP contribution in [0.5, 0.6) is 5.75 Å². The summed E-state index contributed by atoms with van der Waals surface area (Å²) in [5, 5.41) is 4.62. The van der Waals surface area contributed by atoms with E-state index in [9.17, 15) is 22.8 Å². The maximum atomic E-state index is 12.7. The second-order valence-corrected chi connectivity index (χ2v) is 6.53. The number of alkyl halides is 3. The second kappa shape index (κ2) is 6.24. The second-order valence-electron chi connectivity index (χ2n) is 6.53. The van der Waals surface area contributed by atoms with E-state index in [1.807, 2.05) is 31.3 Å². The maximum Gasteiger partial charge on any atom is 0.408 e. The highest BCUT2D eigenvalue weighted by molar-refractivity contribution is 6.01. The number of fused-ring (bicyclic) bond motifs is 1. The zero-order valence-corrected chi connectivity index (χ0v) is 13.9. The molecule has 1 saturated heterocycles. The molecule has 3 unspecified atom stereocenters. The third-order valence-electron chi connectivity index (χ3n) is 4.88. The molecule has 25 heavy (non-hydrogen) atoms. The summed E-state index contributed by atoms with van der Waals surface area (Å²) in [5.41, 5.74) is 2.87. The van der Waals surface area contributed by atoms with Crippen LogP contribution in [0.2, 0.25) is 0 Å². The highest BCUT2D eigenvalue weighted by Crippen LogP contribution is 2.37. The van der Waals surface area contributed by atoms with Crippen LogP contribution < -0.4 is 15.4 Å². The van der Waals surface area contributed by atoms with E-state index in [0.29, 0.717) is 0 Å². The number of carbonyl (C=O) groups excluding carboxylic acids is 2. The smallest absolute Gasteiger partial charge is 0.408 e. The van der Waals surface area contributed by atoms with E-state index >= 15 is 0 Å². The standard InChI is InChI=1S/C17H19F3N2O3/c1-8-3-4-10-12(7-25-14(10)9(8)2)21-15(23)11-5-6-13(17(18,19)20)22-16(11)24/h3-4,11-13H,5-7H2,1-2H3,(H,21,23)(H,22,24). The van der Waals surface area contributed by atoms with Gasteiger partial charge in [0.25, 0.3) is 0 Å². The number of aryl methyl sites for hydroxylation is 1. The van der Waals surface area contributed by atoms with Gasteiger partial charge >= 0.3 is 6.18 Å². The number of hydrogen-bond donors (Lipinski definition) is 2. The van der Waals surface area contributed by atoms with Gasteiger partial charge < -0.3 is 15.4 Å². The molecule has 1 fully saturated rings. The third-order valence-corrected chi connectivity index (χ3v) is 4.88. The average Bonchev–Trinajstić information content (AvgIpc) is 2.93. The molecule has 2 amide bonds. The molecule has 2 heterocycles. The van der Waals surface area contributed by atoms with Crippen LogP contribution in [-0.4, -0.2) is 30.6 Å². The summed E-state index contributed by atoms with van der Waals surface area (Å²) in [7, 11) is 0. The van der Waals surface area contributed by atoms with Crippen molar-refractivity contribution in [3.63, 3.8) is 0 Å². The molecule has 136 valence electrons. The topological polar surface area (TPSA) is 67.4 Å². The van der Waals surface area contributed by atoms with Crippen molar-refractivity contribution in [2.75, 3.05) is 6.61 Å². The zero-order valence-electron chi connectivity index (χ0n) is 13.9. The Morgan fingerprint density at radius 1 is 1.28 bits per heavy atom. The number of piperidine rings is 1. The van der Waals surface area contributed by atoms with E-state index in [4.69, 9.17) is 4.74 Å². The molecule has 1 aromatic carbocycles. The first-order chi connectivity index (χ1) is 11.7. The van der Waals surface area contributed by atoms with Gasteiger partial charge in [0.1, 0.15) is 24.3 Å². The lowest BCUT2D eigenvalue weighted by molar-refractivity contribution is -0.171. The van der Waals surface area contributed by atoms with Crippen molar-refractivity contribution in [2.24, 2.45) is 5.92 Å². The molecular formula is C17H19F3N2O3. The van der Waals surface area contributed by atoms with Gasteiger partial charge in [0.2, 0.25) is 11.8 Å². The highest BCUT2D eigenvalue weighted by atomic mass is 19.4. The SMILES string of the molecule is Cc1ccc2c(c1C)OCC2NC(=O)C1CCC(C(F)(F)F)NC1=O. The lowest BCUT2D eigenvalue weighted by Crippen LogP contribution is -2.54. The molecule has 2 aliphatic heterocycles. The van der Waals surface area contributed by atoms with Gasteiger partial charge in [-0.1, -0.05) is 12.1 Å². The molecular weight excluding hydrogens is 337 g/mol. The van der Waals surface area contributed by atoms with Crippen LogP contribution in [-0.2, 0) is 9.59 Å². The first kappa shape index (κ1) is 17.6. The normalized spacial score (nSPS) is 25.8. The van der Waals surface area contributed by atoms with Crippen molar-refractivity contribution in [2.45, 2.75) is 44.9 Å². The van der Waals surface area contributed by atoms with Crippen molar-refractivity contribution in [3.05, 3.63) is 28.8 Å². The van der Waals surface area contributed by atoms with Gasteiger partial charge in [0.05, 0.1) is 6.04 Å². The van der Waals surface area contributed by atoms with Crippen molar-refractivity contribution < 1.29 is 27.5 Å². The number of hydrogen-bond acceptors (Lipinski definition) is 3. The van der Waals surface area contributed by atoms with Gasteiger partial charge in [-0.2, -0.15) is 13.2 Å². The van der Waals surface area contributed by atoms with E-state index in [2.05, 4.69) is 5.32 Å². The molecule has 3 rings (SSSR count). The summed E-state index contributed by atoms with van der Waals surface area (Å²) >= 11 is 0. The highest BCUT2D eigenvalue weighted by Gasteiger charge is 2.46. The predicted octanol–water partition coefficient (Wildman–Crippen LogP) is 2.31. The summed E-state index contributed by atoms with van der Waals surface area (Å²) in [6, 6.07) is 1.49. The Bertz CT molecular complexity index is 718. The van der Waals surface area contributed by atoms with Crippen LogP contribution in [0.1, 0.15) is 35.6 Å². The van der Waals surface area contributed by atoms with Crippen LogP contribution in [0.4, 0.5) is 13.2 Å². The molecule has 2 N–H and O–H groups in total. The van der Waals surface area contributed by atoms with Crippen molar-refractivity contribution in [1.29, 1.82) is 0 Å². The lowest BCUT2D eigenvalue weighted by atomic mass is 9.92. The van der Waals surface area contributed by atoms with E-state index in [1.165, 1.54) is 0 Å². The van der Waals surface area contributed by atoms with Gasteiger partial charge in [-0.05, 0) is 37.8 Å². The van der Waals surface area contributed by atoms with E-state index < -0.39 is 36.0 Å². The molecule has 0 spiro atoms. The summed E-state index contributed by atoms with van der Waals surface area (Å²) in [5.74, 6) is -1.85. The lowest BCUT2D eigenvalue weighted by Gasteiger charge is -2.30. The fourth-order valence-corrected chi connectivity index (χ4v) is 3.23.